The summed E-state index contributed by atoms with van der Waals surface area (Å²) >= 11 is 15.6. The summed E-state index contributed by atoms with van der Waals surface area (Å²) in [6, 6.07) is 0. The molecule has 0 N–H and O–H groups in total. The Morgan fingerprint density at radius 1 is 0.536 bits per heavy atom. The Labute approximate surface area is 205 Å². The first-order valence-corrected chi connectivity index (χ1v) is 15.5. The molecule has 28 heavy (non-hydrogen) atoms. The van der Waals surface area contributed by atoms with E-state index in [0.29, 0.717) is 29.1 Å². The van der Waals surface area contributed by atoms with E-state index < -0.39 is 0 Å². The zero-order chi connectivity index (χ0) is 19.4. The van der Waals surface area contributed by atoms with Crippen LogP contribution in [0.1, 0.15) is 89.9 Å². The van der Waals surface area contributed by atoms with Crippen molar-refractivity contribution in [1.29, 1.82) is 0 Å². The van der Waals surface area contributed by atoms with Crippen LogP contribution in [0.15, 0.2) is 0 Å². The van der Waals surface area contributed by atoms with E-state index in [2.05, 4.69) is 63.7 Å². The average Bonchev–Trinajstić information content (AvgIpc) is 2.49. The minimum Gasteiger partial charge on any atom is -0.0765 e. The van der Waals surface area contributed by atoms with Gasteiger partial charge in [0.05, 0.1) is 7.47 Å². The van der Waals surface area contributed by atoms with Gasteiger partial charge in [-0.2, -0.15) is 0 Å². The molecule has 4 atom stereocenters. The fourth-order valence-corrected chi connectivity index (χ4v) is 14.0. The number of halogens is 4. The lowest BCUT2D eigenvalue weighted by Gasteiger charge is -2.74. The molecule has 0 spiro atoms. The molecule has 0 nitrogen and oxygen atoms in total. The van der Waals surface area contributed by atoms with Gasteiger partial charge in [0.1, 0.15) is 0 Å². The van der Waals surface area contributed by atoms with Crippen LogP contribution in [-0.4, -0.2) is 7.47 Å². The highest BCUT2D eigenvalue weighted by molar-refractivity contribution is 9.25. The van der Waals surface area contributed by atoms with Crippen molar-refractivity contribution in [2.45, 2.75) is 97.4 Å². The maximum Gasteiger partial charge on any atom is 0.0703 e. The summed E-state index contributed by atoms with van der Waals surface area (Å²) in [5.41, 5.74) is 2.68. The fourth-order valence-electron chi connectivity index (χ4n) is 11.3. The van der Waals surface area contributed by atoms with E-state index in [4.69, 9.17) is 0 Å². The predicted octanol–water partition coefficient (Wildman–Crippen LogP) is 9.17. The summed E-state index contributed by atoms with van der Waals surface area (Å²) in [5.74, 6) is 4.18. The van der Waals surface area contributed by atoms with Gasteiger partial charge in [0.25, 0.3) is 0 Å². The van der Waals surface area contributed by atoms with Gasteiger partial charge in [-0.25, -0.2) is 0 Å². The number of alkyl halides is 4. The maximum atomic E-state index is 3.89. The van der Waals surface area contributed by atoms with Crippen molar-refractivity contribution in [2.75, 3.05) is 0 Å². The summed E-state index contributed by atoms with van der Waals surface area (Å²) in [6.45, 7) is 0. The van der Waals surface area contributed by atoms with E-state index in [1.165, 1.54) is 38.5 Å². The third-order valence-electron chi connectivity index (χ3n) is 10.7. The second-order valence-corrected chi connectivity index (χ2v) is 19.6. The Morgan fingerprint density at radius 3 is 1.14 bits per heavy atom. The predicted molar refractivity (Wildman–Crippen MR) is 132 cm³/mol. The zero-order valence-corrected chi connectivity index (χ0v) is 23.2. The van der Waals surface area contributed by atoms with Crippen molar-refractivity contribution in [1.82, 2.24) is 0 Å². The zero-order valence-electron chi connectivity index (χ0n) is 16.9. The summed E-state index contributed by atoms with van der Waals surface area (Å²) in [4.78, 5) is 0. The molecule has 4 unspecified atom stereocenters. The van der Waals surface area contributed by atoms with Crippen LogP contribution >= 0.6 is 63.7 Å². The van der Waals surface area contributed by atoms with E-state index in [0.717, 1.165) is 23.7 Å². The van der Waals surface area contributed by atoms with E-state index in [1.807, 2.05) is 0 Å². The fraction of sp³-hybridized carbons (Fsp3) is 1.00. The van der Waals surface area contributed by atoms with Crippen LogP contribution in [0, 0.1) is 45.3 Å². The van der Waals surface area contributed by atoms with Crippen molar-refractivity contribution in [3.63, 3.8) is 0 Å². The molecule has 0 heterocycles. The minimum atomic E-state index is 0.513. The Hall–Kier alpha value is 1.92. The van der Waals surface area contributed by atoms with Gasteiger partial charge in [0.15, 0.2) is 0 Å². The molecule has 0 aliphatic heterocycles. The highest BCUT2D eigenvalue weighted by Crippen LogP contribution is 2.79. The molecule has 8 aliphatic carbocycles. The molecule has 0 radical (unpaired) electrons. The molecule has 0 aromatic rings. The lowest BCUT2D eigenvalue weighted by Crippen LogP contribution is -2.64. The molecule has 0 amide bonds. The smallest absolute Gasteiger partial charge is 0.0703 e. The molecule has 4 heteroatoms. The van der Waals surface area contributed by atoms with E-state index in [9.17, 15) is 0 Å². The molecule has 8 fully saturated rings. The van der Waals surface area contributed by atoms with Crippen molar-refractivity contribution in [3.8, 4) is 0 Å². The first-order valence-electron chi connectivity index (χ1n) is 11.8. The summed E-state index contributed by atoms with van der Waals surface area (Å²) in [5, 5.41) is 0. The quantitative estimate of drug-likeness (QED) is 0.263. The van der Waals surface area contributed by atoms with Gasteiger partial charge < -0.3 is 0 Å². The molecular weight excluding hydrogens is 608 g/mol. The van der Waals surface area contributed by atoms with Crippen LogP contribution in [0.3, 0.4) is 0 Å². The normalized spacial score (nSPS) is 56.4. The van der Waals surface area contributed by atoms with Gasteiger partial charge >= 0.3 is 0 Å². The van der Waals surface area contributed by atoms with Crippen LogP contribution in [0.5, 0.6) is 0 Å². The Morgan fingerprint density at radius 2 is 0.857 bits per heavy atom. The van der Waals surface area contributed by atoms with Crippen LogP contribution in [0.4, 0.5) is 0 Å². The molecule has 0 aromatic carbocycles. The molecule has 8 rings (SSSR count). The van der Waals surface area contributed by atoms with Crippen molar-refractivity contribution >= 4 is 63.7 Å². The van der Waals surface area contributed by atoms with Gasteiger partial charge in [-0.1, -0.05) is 63.7 Å². The Balaban J connectivity index is 1.39. The lowest BCUT2D eigenvalue weighted by atomic mass is 9.31. The average molecular weight is 642 g/mol. The van der Waals surface area contributed by atoms with Crippen molar-refractivity contribution in [2.24, 2.45) is 45.3 Å². The molecule has 0 aromatic heterocycles. The highest BCUT2D eigenvalue weighted by atomic mass is 79.9. The summed E-state index contributed by atoms with van der Waals surface area (Å²) in [6.07, 6.45) is 21.6. The van der Waals surface area contributed by atoms with Crippen LogP contribution < -0.4 is 0 Å². The standard InChI is InChI=1S/C24H34Br4/c25-19(26)11-21-3-15-1-16(4-21)8-23(7-15,13-21)24-9-17-2-18(10-24)6-22(5-17,14-24)12-20(27)28/h15-20H,1-14H2. The second kappa shape index (κ2) is 6.72. The van der Waals surface area contributed by atoms with Crippen molar-refractivity contribution < 1.29 is 0 Å². The number of hydrogen-bond acceptors (Lipinski definition) is 0. The van der Waals surface area contributed by atoms with Gasteiger partial charge in [0.2, 0.25) is 0 Å². The molecule has 8 saturated carbocycles. The Bertz CT molecular complexity index is 560. The number of rotatable bonds is 5. The first-order chi connectivity index (χ1) is 13.2. The van der Waals surface area contributed by atoms with Crippen LogP contribution in [-0.2, 0) is 0 Å². The SMILES string of the molecule is BrC(Br)CC12CC3CC(C1)CC(C14CC5CC(CC(CC(Br)Br)(C5)C1)C4)(C3)C2. The van der Waals surface area contributed by atoms with Crippen LogP contribution in [0.25, 0.3) is 0 Å². The number of hydrogen-bond donors (Lipinski definition) is 0. The second-order valence-electron chi connectivity index (χ2n) is 12.7. The molecular formula is C24H34Br4. The highest BCUT2D eigenvalue weighted by Gasteiger charge is 2.69. The molecule has 158 valence electrons. The van der Waals surface area contributed by atoms with E-state index in [-0.39, 0.29) is 0 Å². The largest absolute Gasteiger partial charge is 0.0765 e. The third kappa shape index (κ3) is 3.09. The molecule has 8 bridgehead atoms. The lowest BCUT2D eigenvalue weighted by molar-refractivity contribution is -0.239. The Kier molecular flexibility index (Phi) is 4.93. The molecule has 8 aliphatic rings. The third-order valence-corrected chi connectivity index (χ3v) is 12.0. The summed E-state index contributed by atoms with van der Waals surface area (Å²) < 4.78 is 1.03. The first kappa shape index (κ1) is 20.5. The monoisotopic (exact) mass is 638 g/mol. The summed E-state index contributed by atoms with van der Waals surface area (Å²) in [7, 11) is 0. The van der Waals surface area contributed by atoms with E-state index in [1.54, 1.807) is 51.4 Å². The molecule has 0 saturated heterocycles. The maximum absolute atomic E-state index is 3.89. The van der Waals surface area contributed by atoms with E-state index >= 15 is 0 Å². The topological polar surface area (TPSA) is 0 Å². The van der Waals surface area contributed by atoms with Crippen LogP contribution in [0.2, 0.25) is 0 Å². The van der Waals surface area contributed by atoms with Gasteiger partial charge in [0, 0.05) is 0 Å². The van der Waals surface area contributed by atoms with Crippen molar-refractivity contribution in [3.05, 3.63) is 0 Å². The minimum absolute atomic E-state index is 0.513. The van der Waals surface area contributed by atoms with Gasteiger partial charge in [-0.05, 0) is 135 Å². The van der Waals surface area contributed by atoms with Gasteiger partial charge in [-0.15, -0.1) is 0 Å². The van der Waals surface area contributed by atoms with Gasteiger partial charge in [-0.3, -0.25) is 0 Å².